The molecule has 33 heavy (non-hydrogen) atoms. The molecule has 2 amide bonds. The number of carbonyl (C=O) groups excluding carboxylic acids is 2. The van der Waals surface area contributed by atoms with Crippen LogP contribution in [0.2, 0.25) is 0 Å². The molecule has 0 aliphatic heterocycles. The van der Waals surface area contributed by atoms with Crippen LogP contribution in [0.3, 0.4) is 0 Å². The molecule has 0 bridgehead atoms. The third kappa shape index (κ3) is 7.81. The van der Waals surface area contributed by atoms with Crippen LogP contribution in [-0.4, -0.2) is 41.7 Å². The molecule has 0 radical (unpaired) electrons. The number of ether oxygens (including phenoxy) is 1. The van der Waals surface area contributed by atoms with Crippen molar-refractivity contribution in [1.29, 1.82) is 0 Å². The van der Waals surface area contributed by atoms with E-state index in [1.165, 1.54) is 12.0 Å². The first-order valence-corrected chi connectivity index (χ1v) is 13.1. The first kappa shape index (κ1) is 25.2. The van der Waals surface area contributed by atoms with Gasteiger partial charge in [0.25, 0.3) is 0 Å². The second kappa shape index (κ2) is 13.3. The van der Waals surface area contributed by atoms with Gasteiger partial charge >= 0.3 is 0 Å². The molecule has 1 aliphatic rings. The van der Waals surface area contributed by atoms with Gasteiger partial charge in [-0.25, -0.2) is 0 Å². The van der Waals surface area contributed by atoms with E-state index in [1.807, 2.05) is 49.4 Å². The molecule has 2 aromatic carbocycles. The van der Waals surface area contributed by atoms with Crippen molar-refractivity contribution in [1.82, 2.24) is 10.2 Å². The number of carbonyl (C=O) groups is 2. The Hall–Kier alpha value is -2.47. The lowest BCUT2D eigenvalue weighted by atomic mass is 9.95. The quantitative estimate of drug-likeness (QED) is 0.493. The Bertz CT molecular complexity index is 867. The number of methoxy groups -OCH3 is 1. The van der Waals surface area contributed by atoms with Crippen molar-refractivity contribution >= 4 is 23.6 Å². The molecule has 2 aromatic rings. The summed E-state index contributed by atoms with van der Waals surface area (Å²) in [5.41, 5.74) is 2.18. The number of nitrogens with one attached hydrogen (secondary N) is 1. The molecule has 1 atom stereocenters. The zero-order valence-corrected chi connectivity index (χ0v) is 20.6. The van der Waals surface area contributed by atoms with E-state index in [2.05, 4.69) is 17.4 Å². The molecule has 0 aromatic heterocycles. The summed E-state index contributed by atoms with van der Waals surface area (Å²) in [6, 6.07) is 17.6. The molecule has 178 valence electrons. The first-order chi connectivity index (χ1) is 16.1. The number of thioether (sulfide) groups is 1. The lowest BCUT2D eigenvalue weighted by Gasteiger charge is -2.32. The molecule has 0 unspecified atom stereocenters. The van der Waals surface area contributed by atoms with Gasteiger partial charge in [0.15, 0.2) is 0 Å². The molecule has 6 heteroatoms. The Kier molecular flexibility index (Phi) is 10.1. The fraction of sp³-hybridized carbons (Fsp3) is 0.481. The van der Waals surface area contributed by atoms with Crippen molar-refractivity contribution in [2.45, 2.75) is 69.8 Å². The predicted molar refractivity (Wildman–Crippen MR) is 135 cm³/mol. The average molecular weight is 469 g/mol. The minimum atomic E-state index is -0.473. The van der Waals surface area contributed by atoms with Crippen molar-refractivity contribution in [2.24, 2.45) is 0 Å². The summed E-state index contributed by atoms with van der Waals surface area (Å²) in [6.45, 7) is 2.39. The van der Waals surface area contributed by atoms with Crippen molar-refractivity contribution < 1.29 is 14.3 Å². The Labute approximate surface area is 202 Å². The van der Waals surface area contributed by atoms with Gasteiger partial charge in [-0.2, -0.15) is 0 Å². The third-order valence-corrected chi connectivity index (χ3v) is 7.18. The van der Waals surface area contributed by atoms with Crippen LogP contribution in [0.15, 0.2) is 54.6 Å². The van der Waals surface area contributed by atoms with Gasteiger partial charge in [0.05, 0.1) is 12.9 Å². The third-order valence-electron chi connectivity index (χ3n) is 6.19. The standard InChI is InChI=1S/C27H36N2O3S/c1-3-25(27(31)28-23-12-8-5-9-13-23)29(18-21-14-16-24(32-2)17-15-21)26(30)20-33-19-22-10-6-4-7-11-22/h4,6-7,10-11,14-17,23,25H,3,5,8-9,12-13,18-20H2,1-2H3,(H,28,31)/t25-/m1/s1. The summed E-state index contributed by atoms with van der Waals surface area (Å²) >= 11 is 1.59. The number of benzene rings is 2. The van der Waals surface area contributed by atoms with Crippen LogP contribution in [0.25, 0.3) is 0 Å². The highest BCUT2D eigenvalue weighted by molar-refractivity contribution is 7.99. The highest BCUT2D eigenvalue weighted by Crippen LogP contribution is 2.21. The number of rotatable bonds is 11. The summed E-state index contributed by atoms with van der Waals surface area (Å²) in [7, 11) is 1.64. The van der Waals surface area contributed by atoms with Crippen LogP contribution in [0.1, 0.15) is 56.6 Å². The van der Waals surface area contributed by atoms with E-state index in [9.17, 15) is 9.59 Å². The zero-order chi connectivity index (χ0) is 23.5. The van der Waals surface area contributed by atoms with E-state index in [-0.39, 0.29) is 17.9 Å². The van der Waals surface area contributed by atoms with E-state index in [4.69, 9.17) is 4.74 Å². The van der Waals surface area contributed by atoms with E-state index in [0.717, 1.165) is 42.7 Å². The van der Waals surface area contributed by atoms with Gasteiger partial charge in [-0.15, -0.1) is 11.8 Å². The second-order valence-electron chi connectivity index (χ2n) is 8.62. The van der Waals surface area contributed by atoms with Crippen LogP contribution in [0, 0.1) is 0 Å². The maximum atomic E-state index is 13.4. The fourth-order valence-electron chi connectivity index (χ4n) is 4.30. The van der Waals surface area contributed by atoms with Gasteiger partial charge in [0, 0.05) is 18.3 Å². The van der Waals surface area contributed by atoms with E-state index in [1.54, 1.807) is 23.8 Å². The minimum Gasteiger partial charge on any atom is -0.497 e. The van der Waals surface area contributed by atoms with Gasteiger partial charge in [-0.1, -0.05) is 68.7 Å². The summed E-state index contributed by atoms with van der Waals surface area (Å²) in [5.74, 6) is 1.86. The molecular weight excluding hydrogens is 432 g/mol. The zero-order valence-electron chi connectivity index (χ0n) is 19.8. The van der Waals surface area contributed by atoms with Crippen LogP contribution in [-0.2, 0) is 21.9 Å². The molecular formula is C27H36N2O3S. The molecule has 0 spiro atoms. The SMILES string of the molecule is CC[C@H](C(=O)NC1CCCCC1)N(Cc1ccc(OC)cc1)C(=O)CSCc1ccccc1. The number of nitrogens with zero attached hydrogens (tertiary/aromatic N) is 1. The smallest absolute Gasteiger partial charge is 0.243 e. The van der Waals surface area contributed by atoms with Gasteiger partial charge in [0.1, 0.15) is 11.8 Å². The van der Waals surface area contributed by atoms with Crippen molar-refractivity contribution in [2.75, 3.05) is 12.9 Å². The maximum Gasteiger partial charge on any atom is 0.243 e. The molecule has 1 fully saturated rings. The number of hydrogen-bond donors (Lipinski definition) is 1. The first-order valence-electron chi connectivity index (χ1n) is 11.9. The van der Waals surface area contributed by atoms with E-state index < -0.39 is 6.04 Å². The van der Waals surface area contributed by atoms with Crippen LogP contribution < -0.4 is 10.1 Å². The largest absolute Gasteiger partial charge is 0.497 e. The molecule has 5 nitrogen and oxygen atoms in total. The minimum absolute atomic E-state index is 0.00241. The van der Waals surface area contributed by atoms with Crippen LogP contribution in [0.4, 0.5) is 0 Å². The molecule has 1 saturated carbocycles. The Morgan fingerprint density at radius 3 is 2.36 bits per heavy atom. The van der Waals surface area contributed by atoms with Gasteiger partial charge < -0.3 is 15.0 Å². The van der Waals surface area contributed by atoms with Crippen molar-refractivity contribution in [3.05, 3.63) is 65.7 Å². The maximum absolute atomic E-state index is 13.4. The Morgan fingerprint density at radius 2 is 1.73 bits per heavy atom. The number of hydrogen-bond acceptors (Lipinski definition) is 4. The van der Waals surface area contributed by atoms with E-state index in [0.29, 0.717) is 18.7 Å². The van der Waals surface area contributed by atoms with Gasteiger partial charge in [0.2, 0.25) is 11.8 Å². The molecule has 0 heterocycles. The predicted octanol–water partition coefficient (Wildman–Crippen LogP) is 5.18. The summed E-state index contributed by atoms with van der Waals surface area (Å²) < 4.78 is 5.26. The summed E-state index contributed by atoms with van der Waals surface area (Å²) in [4.78, 5) is 28.4. The monoisotopic (exact) mass is 468 g/mol. The van der Waals surface area contributed by atoms with Crippen LogP contribution >= 0.6 is 11.8 Å². The highest BCUT2D eigenvalue weighted by atomic mass is 32.2. The summed E-state index contributed by atoms with van der Waals surface area (Å²) in [6.07, 6.45) is 6.20. The van der Waals surface area contributed by atoms with E-state index >= 15 is 0 Å². The normalized spacial score (nSPS) is 15.0. The highest BCUT2D eigenvalue weighted by Gasteiger charge is 2.30. The molecule has 0 saturated heterocycles. The Morgan fingerprint density at radius 1 is 1.03 bits per heavy atom. The molecule has 1 aliphatic carbocycles. The average Bonchev–Trinajstić information content (AvgIpc) is 2.85. The van der Waals surface area contributed by atoms with Crippen molar-refractivity contribution in [3.63, 3.8) is 0 Å². The van der Waals surface area contributed by atoms with Gasteiger partial charge in [-0.3, -0.25) is 9.59 Å². The molecule has 3 rings (SSSR count). The fourth-order valence-corrected chi connectivity index (χ4v) is 5.18. The molecule has 1 N–H and O–H groups in total. The Balaban J connectivity index is 1.70. The second-order valence-corrected chi connectivity index (χ2v) is 9.60. The summed E-state index contributed by atoms with van der Waals surface area (Å²) in [5, 5.41) is 3.23. The lowest BCUT2D eigenvalue weighted by Crippen LogP contribution is -2.52. The lowest BCUT2D eigenvalue weighted by molar-refractivity contribution is -0.139. The number of amides is 2. The topological polar surface area (TPSA) is 58.6 Å². The van der Waals surface area contributed by atoms with Crippen molar-refractivity contribution in [3.8, 4) is 5.75 Å². The van der Waals surface area contributed by atoms with Gasteiger partial charge in [-0.05, 0) is 42.5 Å². The van der Waals surface area contributed by atoms with Crippen LogP contribution in [0.5, 0.6) is 5.75 Å².